The number of benzene rings is 2. The Hall–Kier alpha value is -3.00. The van der Waals surface area contributed by atoms with Crippen LogP contribution in [-0.4, -0.2) is 52.5 Å². The van der Waals surface area contributed by atoms with E-state index in [4.69, 9.17) is 4.74 Å². The molecule has 0 fully saturated rings. The molecule has 0 heterocycles. The Labute approximate surface area is 232 Å². The fourth-order valence-electron chi connectivity index (χ4n) is 4.27. The average molecular weight is 542 g/mol. The molecule has 0 saturated heterocycles. The molecule has 0 aromatic heterocycles. The lowest BCUT2D eigenvalue weighted by molar-refractivity contribution is -0.143. The Morgan fingerprint density at radius 3 is 2.21 bits per heavy atom. The van der Waals surface area contributed by atoms with Gasteiger partial charge in [0.25, 0.3) is 5.91 Å². The summed E-state index contributed by atoms with van der Waals surface area (Å²) in [6.07, 6.45) is 1.69. The minimum absolute atomic E-state index is 0.311. The van der Waals surface area contributed by atoms with Gasteiger partial charge in [0.05, 0.1) is 0 Å². The predicted octanol–water partition coefficient (Wildman–Crippen LogP) is 6.18. The van der Waals surface area contributed by atoms with Gasteiger partial charge in [0, 0.05) is 11.7 Å². The van der Waals surface area contributed by atoms with E-state index in [-0.39, 0.29) is 17.9 Å². The molecule has 8 heteroatoms. The predicted molar refractivity (Wildman–Crippen MR) is 157 cm³/mol. The van der Waals surface area contributed by atoms with E-state index < -0.39 is 23.8 Å². The number of ether oxygens (including phenoxy) is 1. The van der Waals surface area contributed by atoms with Crippen molar-refractivity contribution >= 4 is 35.4 Å². The first-order valence-electron chi connectivity index (χ1n) is 13.0. The minimum atomic E-state index is -0.903. The first kappa shape index (κ1) is 31.2. The van der Waals surface area contributed by atoms with Crippen LogP contribution in [0, 0.1) is 20.8 Å². The maximum Gasteiger partial charge on any atom is 0.408 e. The summed E-state index contributed by atoms with van der Waals surface area (Å²) in [6, 6.07) is 11.3. The number of hydrogen-bond acceptors (Lipinski definition) is 5. The molecular formula is C30H43N3O4S. The van der Waals surface area contributed by atoms with Crippen LogP contribution in [-0.2, 0) is 14.3 Å². The number of rotatable bonds is 10. The summed E-state index contributed by atoms with van der Waals surface area (Å²) in [6.45, 7) is 15.0. The molecule has 0 aliphatic rings. The number of thioether (sulfide) groups is 1. The van der Waals surface area contributed by atoms with Gasteiger partial charge in [-0.15, -0.1) is 0 Å². The standard InChI is InChI=1S/C30H43N3O4S/c1-19(2)33(28(35)25(16-17-38-9)32-29(36)37-30(6,7)8)26(23-15-14-20(3)18-22(23)5)27(34)31-24-13-11-10-12-21(24)4/h10-15,18-19,25-26H,16-17H2,1-9H3,(H,31,34)(H,32,36). The zero-order valence-electron chi connectivity index (χ0n) is 24.2. The van der Waals surface area contributed by atoms with Gasteiger partial charge in [0.1, 0.15) is 17.7 Å². The van der Waals surface area contributed by atoms with Gasteiger partial charge >= 0.3 is 6.09 Å². The summed E-state index contributed by atoms with van der Waals surface area (Å²) < 4.78 is 5.45. The number of amides is 3. The number of para-hydroxylation sites is 1. The fourth-order valence-corrected chi connectivity index (χ4v) is 4.74. The molecule has 0 aliphatic carbocycles. The highest BCUT2D eigenvalue weighted by molar-refractivity contribution is 7.98. The number of carbonyl (C=O) groups excluding carboxylic acids is 3. The van der Waals surface area contributed by atoms with Crippen LogP contribution in [0.15, 0.2) is 42.5 Å². The van der Waals surface area contributed by atoms with Crippen molar-refractivity contribution in [3.05, 3.63) is 64.7 Å². The molecule has 2 unspecified atom stereocenters. The van der Waals surface area contributed by atoms with Gasteiger partial charge < -0.3 is 20.3 Å². The van der Waals surface area contributed by atoms with Crippen molar-refractivity contribution in [2.75, 3.05) is 17.3 Å². The molecule has 208 valence electrons. The number of aryl methyl sites for hydroxylation is 3. The van der Waals surface area contributed by atoms with Crippen molar-refractivity contribution in [3.8, 4) is 0 Å². The zero-order chi connectivity index (χ0) is 28.6. The topological polar surface area (TPSA) is 87.7 Å². The van der Waals surface area contributed by atoms with Gasteiger partial charge in [-0.05, 0) is 96.6 Å². The van der Waals surface area contributed by atoms with Crippen LogP contribution in [0.4, 0.5) is 10.5 Å². The van der Waals surface area contributed by atoms with Crippen molar-refractivity contribution in [1.82, 2.24) is 10.2 Å². The molecule has 2 aromatic carbocycles. The lowest BCUT2D eigenvalue weighted by Crippen LogP contribution is -2.54. The van der Waals surface area contributed by atoms with E-state index in [1.54, 1.807) is 37.4 Å². The third-order valence-electron chi connectivity index (χ3n) is 6.06. The van der Waals surface area contributed by atoms with Gasteiger partial charge in [0.15, 0.2) is 0 Å². The van der Waals surface area contributed by atoms with E-state index in [0.717, 1.165) is 22.3 Å². The highest BCUT2D eigenvalue weighted by atomic mass is 32.2. The number of nitrogens with one attached hydrogen (secondary N) is 2. The molecule has 38 heavy (non-hydrogen) atoms. The van der Waals surface area contributed by atoms with Gasteiger partial charge in [-0.3, -0.25) is 9.59 Å². The molecule has 7 nitrogen and oxygen atoms in total. The monoisotopic (exact) mass is 541 g/mol. The van der Waals surface area contributed by atoms with Gasteiger partial charge in [-0.2, -0.15) is 11.8 Å². The number of alkyl carbamates (subject to hydrolysis) is 1. The van der Waals surface area contributed by atoms with Crippen molar-refractivity contribution in [3.63, 3.8) is 0 Å². The summed E-state index contributed by atoms with van der Waals surface area (Å²) in [4.78, 5) is 42.4. The van der Waals surface area contributed by atoms with E-state index in [1.165, 1.54) is 0 Å². The van der Waals surface area contributed by atoms with Crippen LogP contribution in [0.2, 0.25) is 0 Å². The Morgan fingerprint density at radius 2 is 1.66 bits per heavy atom. The zero-order valence-corrected chi connectivity index (χ0v) is 25.0. The van der Waals surface area contributed by atoms with E-state index in [1.807, 2.05) is 83.3 Å². The van der Waals surface area contributed by atoms with Gasteiger partial charge in [-0.25, -0.2) is 4.79 Å². The second-order valence-corrected chi connectivity index (χ2v) is 11.9. The molecule has 0 aliphatic heterocycles. The van der Waals surface area contributed by atoms with Crippen LogP contribution in [0.3, 0.4) is 0 Å². The highest BCUT2D eigenvalue weighted by Gasteiger charge is 2.38. The first-order chi connectivity index (χ1) is 17.7. The number of nitrogens with zero attached hydrogens (tertiary/aromatic N) is 1. The Kier molecular flexibility index (Phi) is 11.2. The summed E-state index contributed by atoms with van der Waals surface area (Å²) in [5.41, 5.74) is 3.63. The van der Waals surface area contributed by atoms with E-state index >= 15 is 0 Å². The van der Waals surface area contributed by atoms with Crippen molar-refractivity contribution in [2.45, 2.75) is 85.5 Å². The number of anilines is 1. The van der Waals surface area contributed by atoms with E-state index in [9.17, 15) is 14.4 Å². The molecule has 2 atom stereocenters. The Morgan fingerprint density at radius 1 is 1.00 bits per heavy atom. The minimum Gasteiger partial charge on any atom is -0.444 e. The van der Waals surface area contributed by atoms with E-state index in [2.05, 4.69) is 10.6 Å². The molecule has 2 aromatic rings. The third-order valence-corrected chi connectivity index (χ3v) is 6.70. The fraction of sp³-hybridized carbons (Fsp3) is 0.500. The summed E-state index contributed by atoms with van der Waals surface area (Å²) in [5, 5.41) is 5.82. The van der Waals surface area contributed by atoms with Crippen LogP contribution < -0.4 is 10.6 Å². The van der Waals surface area contributed by atoms with Crippen molar-refractivity contribution in [2.24, 2.45) is 0 Å². The largest absolute Gasteiger partial charge is 0.444 e. The number of hydrogen-bond donors (Lipinski definition) is 2. The molecule has 0 radical (unpaired) electrons. The van der Waals surface area contributed by atoms with Gasteiger partial charge in [0.2, 0.25) is 5.91 Å². The van der Waals surface area contributed by atoms with Crippen LogP contribution >= 0.6 is 11.8 Å². The van der Waals surface area contributed by atoms with Crippen molar-refractivity contribution in [1.29, 1.82) is 0 Å². The third kappa shape index (κ3) is 8.79. The molecule has 0 saturated carbocycles. The van der Waals surface area contributed by atoms with Crippen LogP contribution in [0.1, 0.15) is 69.3 Å². The van der Waals surface area contributed by atoms with Crippen LogP contribution in [0.5, 0.6) is 0 Å². The molecule has 0 bridgehead atoms. The lowest BCUT2D eigenvalue weighted by atomic mass is 9.95. The Bertz CT molecular complexity index is 1130. The molecule has 2 N–H and O–H groups in total. The summed E-state index contributed by atoms with van der Waals surface area (Å²) >= 11 is 1.58. The SMILES string of the molecule is CSCCC(NC(=O)OC(C)(C)C)C(=O)N(C(C)C)C(C(=O)Nc1ccccc1C)c1ccc(C)cc1C. The quantitative estimate of drug-likeness (QED) is 0.375. The van der Waals surface area contributed by atoms with Crippen LogP contribution in [0.25, 0.3) is 0 Å². The van der Waals surface area contributed by atoms with Gasteiger partial charge in [-0.1, -0.05) is 42.0 Å². The molecule has 3 amide bonds. The first-order valence-corrected chi connectivity index (χ1v) is 14.4. The molecular weight excluding hydrogens is 498 g/mol. The second-order valence-electron chi connectivity index (χ2n) is 10.9. The van der Waals surface area contributed by atoms with Crippen molar-refractivity contribution < 1.29 is 19.1 Å². The highest BCUT2D eigenvalue weighted by Crippen LogP contribution is 2.30. The maximum absolute atomic E-state index is 14.2. The lowest BCUT2D eigenvalue weighted by Gasteiger charge is -2.38. The summed E-state index contributed by atoms with van der Waals surface area (Å²) in [5.74, 6) is 0.0147. The smallest absolute Gasteiger partial charge is 0.408 e. The molecule has 2 rings (SSSR count). The average Bonchev–Trinajstić information content (AvgIpc) is 2.80. The molecule has 0 spiro atoms. The number of carbonyl (C=O) groups is 3. The summed E-state index contributed by atoms with van der Waals surface area (Å²) in [7, 11) is 0. The second kappa shape index (κ2) is 13.7. The Balaban J connectivity index is 2.56. The van der Waals surface area contributed by atoms with E-state index in [0.29, 0.717) is 17.9 Å². The maximum atomic E-state index is 14.2. The normalized spacial score (nSPS) is 13.0.